The maximum atomic E-state index is 11.7. The van der Waals surface area contributed by atoms with Crippen molar-refractivity contribution in [1.82, 2.24) is 9.97 Å². The molecule has 0 saturated carbocycles. The Labute approximate surface area is 119 Å². The summed E-state index contributed by atoms with van der Waals surface area (Å²) in [5.74, 6) is 1.46. The standard InChI is InChI=1S/C13H13IN2O2/c1-8-12(14)13(17)16-11(15-8)7-9-5-3-4-6-10(9)18-2/h3-6H,7H2,1-2H3,(H,15,16,17). The largest absolute Gasteiger partial charge is 0.496 e. The molecule has 0 aliphatic heterocycles. The van der Waals surface area contributed by atoms with Crippen LogP contribution in [0.3, 0.4) is 0 Å². The van der Waals surface area contributed by atoms with Gasteiger partial charge < -0.3 is 9.72 Å². The Kier molecular flexibility index (Phi) is 4.00. The summed E-state index contributed by atoms with van der Waals surface area (Å²) < 4.78 is 5.92. The van der Waals surface area contributed by atoms with Gasteiger partial charge in [-0.15, -0.1) is 0 Å². The van der Waals surface area contributed by atoms with Crippen LogP contribution < -0.4 is 10.3 Å². The molecule has 0 spiro atoms. The minimum atomic E-state index is -0.0898. The quantitative estimate of drug-likeness (QED) is 0.859. The molecule has 0 bridgehead atoms. The molecule has 0 unspecified atom stereocenters. The molecule has 1 N–H and O–H groups in total. The van der Waals surface area contributed by atoms with Gasteiger partial charge in [-0.2, -0.15) is 0 Å². The molecular weight excluding hydrogens is 343 g/mol. The van der Waals surface area contributed by atoms with Gasteiger partial charge in [0.05, 0.1) is 16.4 Å². The van der Waals surface area contributed by atoms with Crippen LogP contribution in [-0.4, -0.2) is 17.1 Å². The normalized spacial score (nSPS) is 10.4. The lowest BCUT2D eigenvalue weighted by Gasteiger charge is -2.08. The number of aromatic amines is 1. The molecule has 0 fully saturated rings. The fraction of sp³-hybridized carbons (Fsp3) is 0.231. The van der Waals surface area contributed by atoms with Crippen LogP contribution in [0, 0.1) is 10.5 Å². The van der Waals surface area contributed by atoms with Gasteiger partial charge in [0.2, 0.25) is 0 Å². The first kappa shape index (κ1) is 13.1. The average Bonchev–Trinajstić information content (AvgIpc) is 2.36. The number of aromatic nitrogens is 2. The van der Waals surface area contributed by atoms with Crippen LogP contribution in [-0.2, 0) is 6.42 Å². The average molecular weight is 356 g/mol. The van der Waals surface area contributed by atoms with Crippen molar-refractivity contribution in [2.75, 3.05) is 7.11 Å². The maximum Gasteiger partial charge on any atom is 0.264 e. The van der Waals surface area contributed by atoms with E-state index in [2.05, 4.69) is 9.97 Å². The number of benzene rings is 1. The maximum absolute atomic E-state index is 11.7. The van der Waals surface area contributed by atoms with Crippen LogP contribution in [0.25, 0.3) is 0 Å². The topological polar surface area (TPSA) is 55.0 Å². The Hall–Kier alpha value is -1.37. The first-order valence-corrected chi connectivity index (χ1v) is 6.57. The molecule has 0 atom stereocenters. The van der Waals surface area contributed by atoms with E-state index >= 15 is 0 Å². The second kappa shape index (κ2) is 5.51. The van der Waals surface area contributed by atoms with Crippen molar-refractivity contribution in [1.29, 1.82) is 0 Å². The van der Waals surface area contributed by atoms with E-state index in [4.69, 9.17) is 4.74 Å². The van der Waals surface area contributed by atoms with Crippen molar-refractivity contribution in [2.24, 2.45) is 0 Å². The third-order valence-electron chi connectivity index (χ3n) is 2.63. The Bertz CT molecular complexity index is 623. The van der Waals surface area contributed by atoms with Crippen molar-refractivity contribution in [2.45, 2.75) is 13.3 Å². The molecule has 0 aliphatic rings. The smallest absolute Gasteiger partial charge is 0.264 e. The zero-order valence-electron chi connectivity index (χ0n) is 10.2. The van der Waals surface area contributed by atoms with Crippen molar-refractivity contribution in [3.63, 3.8) is 0 Å². The van der Waals surface area contributed by atoms with E-state index in [9.17, 15) is 4.79 Å². The molecular formula is C13H13IN2O2. The summed E-state index contributed by atoms with van der Waals surface area (Å²) in [6.07, 6.45) is 0.553. The molecule has 0 radical (unpaired) electrons. The number of H-pyrrole nitrogens is 1. The Morgan fingerprint density at radius 3 is 2.78 bits per heavy atom. The molecule has 1 heterocycles. The SMILES string of the molecule is COc1ccccc1Cc1nc(C)c(I)c(=O)[nH]1. The van der Waals surface area contributed by atoms with Crippen LogP contribution >= 0.6 is 22.6 Å². The lowest BCUT2D eigenvalue weighted by atomic mass is 10.1. The van der Waals surface area contributed by atoms with E-state index < -0.39 is 0 Å². The minimum absolute atomic E-state index is 0.0898. The van der Waals surface area contributed by atoms with E-state index in [-0.39, 0.29) is 5.56 Å². The molecule has 0 aliphatic carbocycles. The molecule has 5 heteroatoms. The van der Waals surface area contributed by atoms with E-state index in [1.165, 1.54) is 0 Å². The Morgan fingerprint density at radius 1 is 1.39 bits per heavy atom. The van der Waals surface area contributed by atoms with Gasteiger partial charge in [-0.25, -0.2) is 4.98 Å². The number of halogens is 1. The lowest BCUT2D eigenvalue weighted by molar-refractivity contribution is 0.410. The predicted molar refractivity (Wildman–Crippen MR) is 78.1 cm³/mol. The van der Waals surface area contributed by atoms with E-state index in [1.54, 1.807) is 7.11 Å². The summed E-state index contributed by atoms with van der Waals surface area (Å²) >= 11 is 2.00. The molecule has 18 heavy (non-hydrogen) atoms. The number of para-hydroxylation sites is 1. The van der Waals surface area contributed by atoms with Gasteiger partial charge in [0.1, 0.15) is 11.6 Å². The zero-order valence-corrected chi connectivity index (χ0v) is 12.3. The van der Waals surface area contributed by atoms with Crippen LogP contribution in [0.1, 0.15) is 17.1 Å². The summed E-state index contributed by atoms with van der Waals surface area (Å²) in [6, 6.07) is 7.71. The molecule has 0 saturated heterocycles. The Balaban J connectivity index is 2.37. The third kappa shape index (κ3) is 2.72. The number of hydrogen-bond donors (Lipinski definition) is 1. The Morgan fingerprint density at radius 2 is 2.11 bits per heavy atom. The van der Waals surface area contributed by atoms with Crippen LogP contribution in [0.15, 0.2) is 29.1 Å². The summed E-state index contributed by atoms with van der Waals surface area (Å²) in [5.41, 5.74) is 1.67. The summed E-state index contributed by atoms with van der Waals surface area (Å²) in [7, 11) is 1.63. The van der Waals surface area contributed by atoms with Gasteiger partial charge in [0.15, 0.2) is 0 Å². The van der Waals surface area contributed by atoms with Gasteiger partial charge in [-0.3, -0.25) is 4.79 Å². The van der Waals surface area contributed by atoms with Crippen LogP contribution in [0.2, 0.25) is 0 Å². The first-order valence-electron chi connectivity index (χ1n) is 5.49. The fourth-order valence-corrected chi connectivity index (χ4v) is 2.00. The number of rotatable bonds is 3. The highest BCUT2D eigenvalue weighted by Crippen LogP contribution is 2.19. The summed E-state index contributed by atoms with van der Waals surface area (Å²) in [6.45, 7) is 1.84. The second-order valence-electron chi connectivity index (χ2n) is 3.90. The lowest BCUT2D eigenvalue weighted by Crippen LogP contribution is -2.16. The number of hydrogen-bond acceptors (Lipinski definition) is 3. The first-order chi connectivity index (χ1) is 8.61. The molecule has 1 aromatic heterocycles. The molecule has 0 amide bonds. The summed E-state index contributed by atoms with van der Waals surface area (Å²) in [4.78, 5) is 18.8. The number of nitrogens with one attached hydrogen (secondary N) is 1. The van der Waals surface area contributed by atoms with Gasteiger partial charge in [-0.05, 0) is 35.6 Å². The van der Waals surface area contributed by atoms with Gasteiger partial charge >= 0.3 is 0 Å². The predicted octanol–water partition coefficient (Wildman–Crippen LogP) is 2.28. The molecule has 2 rings (SSSR count). The minimum Gasteiger partial charge on any atom is -0.496 e. The van der Waals surface area contributed by atoms with E-state index in [1.807, 2.05) is 53.8 Å². The van der Waals surface area contributed by atoms with Crippen molar-refractivity contribution >= 4 is 22.6 Å². The van der Waals surface area contributed by atoms with E-state index in [0.717, 1.165) is 17.0 Å². The van der Waals surface area contributed by atoms with Crippen molar-refractivity contribution < 1.29 is 4.74 Å². The molecule has 94 valence electrons. The van der Waals surface area contributed by atoms with Crippen molar-refractivity contribution in [3.05, 3.63) is 55.3 Å². The van der Waals surface area contributed by atoms with Gasteiger partial charge in [-0.1, -0.05) is 18.2 Å². The number of aryl methyl sites for hydroxylation is 1. The van der Waals surface area contributed by atoms with Crippen molar-refractivity contribution in [3.8, 4) is 5.75 Å². The number of methoxy groups -OCH3 is 1. The summed E-state index contributed by atoms with van der Waals surface area (Å²) in [5, 5.41) is 0. The van der Waals surface area contributed by atoms with Crippen LogP contribution in [0.4, 0.5) is 0 Å². The molecule has 1 aromatic carbocycles. The highest BCUT2D eigenvalue weighted by atomic mass is 127. The molecule has 4 nitrogen and oxygen atoms in total. The second-order valence-corrected chi connectivity index (χ2v) is 4.98. The number of nitrogens with zero attached hydrogens (tertiary/aromatic N) is 1. The van der Waals surface area contributed by atoms with E-state index in [0.29, 0.717) is 15.8 Å². The zero-order chi connectivity index (χ0) is 13.1. The monoisotopic (exact) mass is 356 g/mol. The third-order valence-corrected chi connectivity index (χ3v) is 3.90. The fourth-order valence-electron chi connectivity index (χ4n) is 1.74. The van der Waals surface area contributed by atoms with Crippen LogP contribution in [0.5, 0.6) is 5.75 Å². The van der Waals surface area contributed by atoms with Gasteiger partial charge in [0.25, 0.3) is 5.56 Å². The van der Waals surface area contributed by atoms with Gasteiger partial charge in [0, 0.05) is 12.0 Å². The number of ether oxygens (including phenoxy) is 1. The molecule has 2 aromatic rings. The highest BCUT2D eigenvalue weighted by Gasteiger charge is 2.08. The highest BCUT2D eigenvalue weighted by molar-refractivity contribution is 14.1.